The van der Waals surface area contributed by atoms with E-state index in [9.17, 15) is 20.2 Å². The molecule has 0 unspecified atom stereocenters. The molecule has 0 amide bonds. The number of nitro groups is 2. The number of non-ortho nitro benzene ring substituents is 2. The highest BCUT2D eigenvalue weighted by atomic mass is 16.6. The lowest BCUT2D eigenvalue weighted by Crippen LogP contribution is -2.00. The molecular formula is C16H16N2O5. The topological polar surface area (TPSA) is 95.5 Å². The Labute approximate surface area is 132 Å². The molecule has 0 fully saturated rings. The van der Waals surface area contributed by atoms with Crippen LogP contribution in [-0.2, 0) is 18.0 Å². The van der Waals surface area contributed by atoms with Crippen LogP contribution in [0.25, 0.3) is 0 Å². The first-order valence-electron chi connectivity index (χ1n) is 6.94. The van der Waals surface area contributed by atoms with Gasteiger partial charge in [-0.25, -0.2) is 0 Å². The molecule has 0 aromatic heterocycles. The maximum absolute atomic E-state index is 10.8. The van der Waals surface area contributed by atoms with E-state index in [1.165, 1.54) is 24.3 Å². The Morgan fingerprint density at radius 2 is 1.22 bits per heavy atom. The summed E-state index contributed by atoms with van der Waals surface area (Å²) >= 11 is 0. The van der Waals surface area contributed by atoms with Gasteiger partial charge in [-0.3, -0.25) is 20.2 Å². The van der Waals surface area contributed by atoms with Crippen LogP contribution in [0, 0.1) is 34.1 Å². The quantitative estimate of drug-likeness (QED) is 0.596. The number of hydrogen-bond donors (Lipinski definition) is 0. The minimum atomic E-state index is -0.451. The van der Waals surface area contributed by atoms with Gasteiger partial charge in [-0.2, -0.15) is 0 Å². The first kappa shape index (κ1) is 16.6. The summed E-state index contributed by atoms with van der Waals surface area (Å²) in [5.74, 6) is 0. The minimum absolute atomic E-state index is 0.0146. The molecule has 23 heavy (non-hydrogen) atoms. The summed E-state index contributed by atoms with van der Waals surface area (Å²) in [5, 5.41) is 21.6. The molecule has 0 saturated carbocycles. The summed E-state index contributed by atoms with van der Waals surface area (Å²) in [4.78, 5) is 20.7. The third-order valence-electron chi connectivity index (χ3n) is 3.60. The molecule has 120 valence electrons. The van der Waals surface area contributed by atoms with Gasteiger partial charge in [-0.15, -0.1) is 0 Å². The molecule has 0 saturated heterocycles. The average molecular weight is 316 g/mol. The van der Waals surface area contributed by atoms with Crippen LogP contribution in [0.1, 0.15) is 22.3 Å². The maximum atomic E-state index is 10.8. The van der Waals surface area contributed by atoms with E-state index >= 15 is 0 Å². The van der Waals surface area contributed by atoms with Crippen LogP contribution in [0.5, 0.6) is 0 Å². The smallest absolute Gasteiger partial charge is 0.269 e. The monoisotopic (exact) mass is 316 g/mol. The van der Waals surface area contributed by atoms with E-state index in [2.05, 4.69) is 0 Å². The van der Waals surface area contributed by atoms with Gasteiger partial charge in [0.15, 0.2) is 0 Å². The standard InChI is InChI=1S/C16H16N2O5/c1-11-3-5-15(17(19)20)7-13(11)9-23-10-14-8-16(18(21)22)6-4-12(14)2/h3-8H,9-10H2,1-2H3. The Morgan fingerprint density at radius 1 is 0.826 bits per heavy atom. The lowest BCUT2D eigenvalue weighted by Gasteiger charge is -2.09. The SMILES string of the molecule is Cc1ccc([N+](=O)[O-])cc1COCc1cc([N+](=O)[O-])ccc1C. The molecule has 0 bridgehead atoms. The Kier molecular flexibility index (Phi) is 5.02. The number of aryl methyl sites for hydroxylation is 2. The van der Waals surface area contributed by atoms with Gasteiger partial charge in [0.05, 0.1) is 23.1 Å². The average Bonchev–Trinajstić information content (AvgIpc) is 2.50. The fourth-order valence-electron chi connectivity index (χ4n) is 2.12. The zero-order valence-corrected chi connectivity index (χ0v) is 12.8. The van der Waals surface area contributed by atoms with Crippen LogP contribution in [0.4, 0.5) is 11.4 Å². The van der Waals surface area contributed by atoms with Crippen molar-refractivity contribution in [2.45, 2.75) is 27.1 Å². The van der Waals surface area contributed by atoms with Crippen LogP contribution in [0.15, 0.2) is 36.4 Å². The summed E-state index contributed by atoms with van der Waals surface area (Å²) in [6.45, 7) is 4.10. The third-order valence-corrected chi connectivity index (χ3v) is 3.60. The van der Waals surface area contributed by atoms with Gasteiger partial charge in [0.2, 0.25) is 0 Å². The highest BCUT2D eigenvalue weighted by Crippen LogP contribution is 2.21. The number of nitro benzene ring substituents is 2. The van der Waals surface area contributed by atoms with E-state index < -0.39 is 9.85 Å². The highest BCUT2D eigenvalue weighted by Gasteiger charge is 2.11. The molecule has 0 heterocycles. The molecule has 0 aliphatic carbocycles. The molecule has 0 radical (unpaired) electrons. The third kappa shape index (κ3) is 4.10. The summed E-state index contributed by atoms with van der Waals surface area (Å²) in [7, 11) is 0. The number of rotatable bonds is 6. The van der Waals surface area contributed by atoms with Gasteiger partial charge in [0.1, 0.15) is 0 Å². The van der Waals surface area contributed by atoms with E-state index in [1.807, 2.05) is 13.8 Å². The van der Waals surface area contributed by atoms with Gasteiger partial charge in [0.25, 0.3) is 11.4 Å². The highest BCUT2D eigenvalue weighted by molar-refractivity contribution is 5.40. The molecule has 0 atom stereocenters. The van der Waals surface area contributed by atoms with Gasteiger partial charge in [-0.1, -0.05) is 12.1 Å². The van der Waals surface area contributed by atoms with Crippen molar-refractivity contribution >= 4 is 11.4 Å². The van der Waals surface area contributed by atoms with Crippen LogP contribution >= 0.6 is 0 Å². The van der Waals surface area contributed by atoms with Crippen molar-refractivity contribution in [1.29, 1.82) is 0 Å². The molecule has 0 aliphatic heterocycles. The van der Waals surface area contributed by atoms with E-state index in [4.69, 9.17) is 4.74 Å². The van der Waals surface area contributed by atoms with E-state index in [0.717, 1.165) is 22.3 Å². The molecule has 0 N–H and O–H groups in total. The summed E-state index contributed by atoms with van der Waals surface area (Å²) in [6.07, 6.45) is 0. The first-order chi connectivity index (χ1) is 10.9. The van der Waals surface area contributed by atoms with E-state index in [-0.39, 0.29) is 24.6 Å². The molecule has 2 rings (SSSR count). The van der Waals surface area contributed by atoms with E-state index in [1.54, 1.807) is 12.1 Å². The number of ether oxygens (including phenoxy) is 1. The van der Waals surface area contributed by atoms with Gasteiger partial charge < -0.3 is 4.74 Å². The Hall–Kier alpha value is -2.80. The number of benzene rings is 2. The predicted molar refractivity (Wildman–Crippen MR) is 84.2 cm³/mol. The number of hydrogen-bond acceptors (Lipinski definition) is 5. The molecular weight excluding hydrogens is 300 g/mol. The second kappa shape index (κ2) is 6.97. The summed E-state index contributed by atoms with van der Waals surface area (Å²) < 4.78 is 5.59. The second-order valence-electron chi connectivity index (χ2n) is 5.23. The molecule has 2 aromatic rings. The van der Waals surface area contributed by atoms with Crippen molar-refractivity contribution < 1.29 is 14.6 Å². The van der Waals surface area contributed by atoms with Crippen molar-refractivity contribution in [1.82, 2.24) is 0 Å². The van der Waals surface area contributed by atoms with Gasteiger partial charge in [0, 0.05) is 24.3 Å². The van der Waals surface area contributed by atoms with Crippen molar-refractivity contribution in [2.75, 3.05) is 0 Å². The van der Waals surface area contributed by atoms with Crippen molar-refractivity contribution in [2.24, 2.45) is 0 Å². The predicted octanol–water partition coefficient (Wildman–Crippen LogP) is 3.84. The Morgan fingerprint density at radius 3 is 1.57 bits per heavy atom. The lowest BCUT2D eigenvalue weighted by atomic mass is 10.1. The van der Waals surface area contributed by atoms with Crippen LogP contribution in [-0.4, -0.2) is 9.85 Å². The fraction of sp³-hybridized carbons (Fsp3) is 0.250. The molecule has 0 aliphatic rings. The van der Waals surface area contributed by atoms with Crippen molar-refractivity contribution in [3.05, 3.63) is 78.9 Å². The zero-order chi connectivity index (χ0) is 17.0. The maximum Gasteiger partial charge on any atom is 0.269 e. The van der Waals surface area contributed by atoms with Gasteiger partial charge >= 0.3 is 0 Å². The summed E-state index contributed by atoms with van der Waals surface area (Å²) in [6, 6.07) is 9.21. The minimum Gasteiger partial charge on any atom is -0.372 e. The number of nitrogens with zero attached hydrogens (tertiary/aromatic N) is 2. The first-order valence-corrected chi connectivity index (χ1v) is 6.94. The van der Waals surface area contributed by atoms with E-state index in [0.29, 0.717) is 0 Å². The fourth-order valence-corrected chi connectivity index (χ4v) is 2.12. The Balaban J connectivity index is 2.08. The van der Waals surface area contributed by atoms with Crippen molar-refractivity contribution in [3.63, 3.8) is 0 Å². The molecule has 7 nitrogen and oxygen atoms in total. The zero-order valence-electron chi connectivity index (χ0n) is 12.8. The van der Waals surface area contributed by atoms with Crippen molar-refractivity contribution in [3.8, 4) is 0 Å². The summed E-state index contributed by atoms with van der Waals surface area (Å²) in [5.41, 5.74) is 3.27. The normalized spacial score (nSPS) is 10.5. The van der Waals surface area contributed by atoms with Crippen LogP contribution in [0.3, 0.4) is 0 Å². The lowest BCUT2D eigenvalue weighted by molar-refractivity contribution is -0.385. The van der Waals surface area contributed by atoms with Gasteiger partial charge in [-0.05, 0) is 36.1 Å². The van der Waals surface area contributed by atoms with Crippen LogP contribution in [0.2, 0.25) is 0 Å². The largest absolute Gasteiger partial charge is 0.372 e. The molecule has 2 aromatic carbocycles. The second-order valence-corrected chi connectivity index (χ2v) is 5.23. The van der Waals surface area contributed by atoms with Crippen LogP contribution < -0.4 is 0 Å². The molecule has 0 spiro atoms. The molecule has 7 heteroatoms. The Bertz CT molecular complexity index is 695.